The fourth-order valence-corrected chi connectivity index (χ4v) is 2.03. The Labute approximate surface area is 116 Å². The molecule has 0 saturated carbocycles. The summed E-state index contributed by atoms with van der Waals surface area (Å²) in [5.74, 6) is 2.30. The predicted molar refractivity (Wildman–Crippen MR) is 71.4 cm³/mol. The molecule has 0 saturated heterocycles. The number of benzene rings is 1. The maximum Gasteiger partial charge on any atom is 0.231 e. The Hall–Kier alpha value is -2.43. The first-order valence-electron chi connectivity index (χ1n) is 6.49. The molecule has 2 aromatic rings. The van der Waals surface area contributed by atoms with Gasteiger partial charge in [0.2, 0.25) is 12.7 Å². The number of hydrogen-bond acceptors (Lipinski definition) is 4. The maximum atomic E-state index is 11.7. The number of hydrogen-bond donors (Lipinski definition) is 1. The molecule has 2 heterocycles. The third kappa shape index (κ3) is 2.93. The minimum absolute atomic E-state index is 0.000864. The largest absolute Gasteiger partial charge is 0.469 e. The molecule has 1 aromatic carbocycles. The van der Waals surface area contributed by atoms with Crippen molar-refractivity contribution in [2.24, 2.45) is 0 Å². The van der Waals surface area contributed by atoms with Crippen molar-refractivity contribution in [1.29, 1.82) is 0 Å². The lowest BCUT2D eigenvalue weighted by Gasteiger charge is -2.05. The molecule has 1 aliphatic heterocycles. The number of aryl methyl sites for hydroxylation is 1. The van der Waals surface area contributed by atoms with Crippen LogP contribution in [0.3, 0.4) is 0 Å². The number of carbonyl (C=O) groups excluding carboxylic acids is 1. The van der Waals surface area contributed by atoms with Crippen molar-refractivity contribution in [2.45, 2.75) is 19.4 Å². The van der Waals surface area contributed by atoms with Crippen LogP contribution in [0.2, 0.25) is 0 Å². The third-order valence-corrected chi connectivity index (χ3v) is 3.11. The van der Waals surface area contributed by atoms with Crippen molar-refractivity contribution in [3.63, 3.8) is 0 Å². The first-order chi connectivity index (χ1) is 9.81. The van der Waals surface area contributed by atoms with E-state index in [-0.39, 0.29) is 12.7 Å². The first kappa shape index (κ1) is 12.6. The van der Waals surface area contributed by atoms with Crippen LogP contribution in [0, 0.1) is 0 Å². The zero-order valence-corrected chi connectivity index (χ0v) is 10.9. The van der Waals surface area contributed by atoms with E-state index in [0.717, 1.165) is 22.8 Å². The number of rotatable bonds is 5. The Balaban J connectivity index is 1.48. The second kappa shape index (κ2) is 5.69. The van der Waals surface area contributed by atoms with Gasteiger partial charge < -0.3 is 19.2 Å². The molecular weight excluding hydrogens is 258 g/mol. The van der Waals surface area contributed by atoms with Crippen LogP contribution in [0.25, 0.3) is 0 Å². The number of ether oxygens (including phenoxy) is 2. The van der Waals surface area contributed by atoms with Crippen molar-refractivity contribution >= 4 is 5.91 Å². The summed E-state index contributed by atoms with van der Waals surface area (Å²) in [6.45, 7) is 0.738. The van der Waals surface area contributed by atoms with Gasteiger partial charge in [0, 0.05) is 19.4 Å². The van der Waals surface area contributed by atoms with Gasteiger partial charge in [-0.25, -0.2) is 0 Å². The Morgan fingerprint density at radius 3 is 2.95 bits per heavy atom. The maximum absolute atomic E-state index is 11.7. The van der Waals surface area contributed by atoms with Gasteiger partial charge in [0.05, 0.1) is 6.26 Å². The van der Waals surface area contributed by atoms with Crippen molar-refractivity contribution in [3.05, 3.63) is 47.9 Å². The summed E-state index contributed by atoms with van der Waals surface area (Å²) in [6.07, 6.45) is 2.64. The number of amides is 1. The Morgan fingerprint density at radius 1 is 1.20 bits per heavy atom. The van der Waals surface area contributed by atoms with Gasteiger partial charge in [-0.15, -0.1) is 0 Å². The van der Waals surface area contributed by atoms with E-state index < -0.39 is 0 Å². The molecule has 1 aliphatic rings. The molecule has 0 fully saturated rings. The summed E-state index contributed by atoms with van der Waals surface area (Å²) >= 11 is 0. The monoisotopic (exact) mass is 273 g/mol. The van der Waals surface area contributed by atoms with Gasteiger partial charge in [-0.1, -0.05) is 6.07 Å². The molecule has 3 rings (SSSR count). The van der Waals surface area contributed by atoms with E-state index in [2.05, 4.69) is 5.32 Å². The summed E-state index contributed by atoms with van der Waals surface area (Å²) in [6, 6.07) is 9.34. The highest BCUT2D eigenvalue weighted by Gasteiger charge is 2.13. The first-order valence-corrected chi connectivity index (χ1v) is 6.49. The molecule has 0 radical (unpaired) electrons. The molecule has 104 valence electrons. The van der Waals surface area contributed by atoms with E-state index in [1.54, 1.807) is 6.26 Å². The summed E-state index contributed by atoms with van der Waals surface area (Å²) in [5.41, 5.74) is 0.987. The molecule has 0 spiro atoms. The number of nitrogens with one attached hydrogen (secondary N) is 1. The van der Waals surface area contributed by atoms with Crippen LogP contribution >= 0.6 is 0 Å². The van der Waals surface area contributed by atoms with Crippen LogP contribution in [-0.2, 0) is 17.8 Å². The zero-order chi connectivity index (χ0) is 13.8. The molecule has 1 N–H and O–H groups in total. The lowest BCUT2D eigenvalue weighted by molar-refractivity contribution is -0.121. The van der Waals surface area contributed by atoms with Crippen LogP contribution < -0.4 is 14.8 Å². The van der Waals surface area contributed by atoms with Gasteiger partial charge in [0.25, 0.3) is 0 Å². The van der Waals surface area contributed by atoms with Crippen LogP contribution in [0.15, 0.2) is 41.0 Å². The van der Waals surface area contributed by atoms with Crippen LogP contribution in [-0.4, -0.2) is 12.7 Å². The van der Waals surface area contributed by atoms with Gasteiger partial charge in [-0.3, -0.25) is 4.79 Å². The molecule has 5 heteroatoms. The second-order valence-corrected chi connectivity index (χ2v) is 4.54. The van der Waals surface area contributed by atoms with E-state index >= 15 is 0 Å². The van der Waals surface area contributed by atoms with Crippen LogP contribution in [0.1, 0.15) is 17.7 Å². The third-order valence-electron chi connectivity index (χ3n) is 3.11. The SMILES string of the molecule is O=C(CCc1ccco1)NCc1ccc2c(c1)OCO2. The van der Waals surface area contributed by atoms with E-state index in [0.29, 0.717) is 19.4 Å². The standard InChI is InChI=1S/C15H15NO4/c17-15(6-4-12-2-1-7-18-12)16-9-11-3-5-13-14(8-11)20-10-19-13/h1-3,5,7-8H,4,6,9-10H2,(H,16,17). The normalized spacial score (nSPS) is 12.4. The highest BCUT2D eigenvalue weighted by Crippen LogP contribution is 2.32. The second-order valence-electron chi connectivity index (χ2n) is 4.54. The Kier molecular flexibility index (Phi) is 3.58. The van der Waals surface area contributed by atoms with Crippen LogP contribution in [0.4, 0.5) is 0 Å². The van der Waals surface area contributed by atoms with Crippen molar-refractivity contribution in [3.8, 4) is 11.5 Å². The molecule has 1 amide bonds. The summed E-state index contributed by atoms with van der Waals surface area (Å²) in [7, 11) is 0. The van der Waals surface area contributed by atoms with Gasteiger partial charge in [0.15, 0.2) is 11.5 Å². The van der Waals surface area contributed by atoms with Crippen LogP contribution in [0.5, 0.6) is 11.5 Å². The lowest BCUT2D eigenvalue weighted by Crippen LogP contribution is -2.22. The smallest absolute Gasteiger partial charge is 0.231 e. The molecule has 5 nitrogen and oxygen atoms in total. The summed E-state index contributed by atoms with van der Waals surface area (Å²) in [5, 5.41) is 2.88. The van der Waals surface area contributed by atoms with E-state index in [1.165, 1.54) is 0 Å². The van der Waals surface area contributed by atoms with Gasteiger partial charge >= 0.3 is 0 Å². The molecule has 0 aliphatic carbocycles. The number of fused-ring (bicyclic) bond motifs is 1. The average Bonchev–Trinajstić information content (AvgIpc) is 3.13. The van der Waals surface area contributed by atoms with Crippen molar-refractivity contribution < 1.29 is 18.7 Å². The molecule has 0 unspecified atom stereocenters. The fourth-order valence-electron chi connectivity index (χ4n) is 2.03. The molecule has 20 heavy (non-hydrogen) atoms. The van der Waals surface area contributed by atoms with Crippen molar-refractivity contribution in [2.75, 3.05) is 6.79 Å². The average molecular weight is 273 g/mol. The Morgan fingerprint density at radius 2 is 2.10 bits per heavy atom. The van der Waals surface area contributed by atoms with E-state index in [4.69, 9.17) is 13.9 Å². The molecule has 0 atom stereocenters. The number of carbonyl (C=O) groups is 1. The van der Waals surface area contributed by atoms with Gasteiger partial charge in [-0.2, -0.15) is 0 Å². The van der Waals surface area contributed by atoms with Gasteiger partial charge in [-0.05, 0) is 29.8 Å². The molecular formula is C15H15NO4. The minimum Gasteiger partial charge on any atom is -0.469 e. The molecule has 0 bridgehead atoms. The number of furan rings is 1. The summed E-state index contributed by atoms with van der Waals surface area (Å²) in [4.78, 5) is 11.7. The Bertz CT molecular complexity index is 592. The highest BCUT2D eigenvalue weighted by molar-refractivity contribution is 5.76. The fraction of sp³-hybridized carbons (Fsp3) is 0.267. The van der Waals surface area contributed by atoms with E-state index in [1.807, 2.05) is 30.3 Å². The predicted octanol–water partition coefficient (Wildman–Crippen LogP) is 2.26. The topological polar surface area (TPSA) is 60.7 Å². The lowest BCUT2D eigenvalue weighted by atomic mass is 10.2. The van der Waals surface area contributed by atoms with Gasteiger partial charge in [0.1, 0.15) is 5.76 Å². The quantitative estimate of drug-likeness (QED) is 0.907. The highest BCUT2D eigenvalue weighted by atomic mass is 16.7. The van der Waals surface area contributed by atoms with E-state index in [9.17, 15) is 4.79 Å². The summed E-state index contributed by atoms with van der Waals surface area (Å²) < 4.78 is 15.7. The molecule has 1 aromatic heterocycles. The zero-order valence-electron chi connectivity index (χ0n) is 10.9. The minimum atomic E-state index is -0.000864. The van der Waals surface area contributed by atoms with Crippen molar-refractivity contribution in [1.82, 2.24) is 5.32 Å².